The molecule has 2 heterocycles. The van der Waals surface area contributed by atoms with Crippen molar-refractivity contribution in [3.63, 3.8) is 0 Å². The van der Waals surface area contributed by atoms with Crippen LogP contribution in [0.3, 0.4) is 0 Å². The SMILES string of the molecule is [2H]c1nn2c([2H])c(Cl)nc(C([2H])([2H])[2H])c2c1[2H]. The Morgan fingerprint density at radius 1 is 1.82 bits per heavy atom. The minimum absolute atomic E-state index is 0.176. The second kappa shape index (κ2) is 2.20. The van der Waals surface area contributed by atoms with Crippen molar-refractivity contribution in [2.75, 3.05) is 0 Å². The fraction of sp³-hybridized carbons (Fsp3) is 0.143. The third-order valence-electron chi connectivity index (χ3n) is 1.17. The lowest BCUT2D eigenvalue weighted by Crippen LogP contribution is -1.92. The molecule has 2 aromatic heterocycles. The molecule has 0 saturated carbocycles. The third-order valence-corrected chi connectivity index (χ3v) is 1.34. The summed E-state index contributed by atoms with van der Waals surface area (Å²) in [4.78, 5) is 3.60. The first kappa shape index (κ1) is 2.75. The maximum Gasteiger partial charge on any atom is 0.147 e. The van der Waals surface area contributed by atoms with Crippen LogP contribution in [-0.2, 0) is 0 Å². The van der Waals surface area contributed by atoms with Crippen LogP contribution in [0.1, 0.15) is 13.9 Å². The molecule has 2 rings (SSSR count). The molecular formula is C7H6ClN3. The van der Waals surface area contributed by atoms with E-state index in [2.05, 4.69) is 10.1 Å². The Morgan fingerprint density at radius 2 is 2.73 bits per heavy atom. The summed E-state index contributed by atoms with van der Waals surface area (Å²) < 4.78 is 45.2. The van der Waals surface area contributed by atoms with Gasteiger partial charge in [0, 0.05) is 4.11 Å². The Balaban J connectivity index is 2.99. The van der Waals surface area contributed by atoms with Gasteiger partial charge in [-0.15, -0.1) is 0 Å². The summed E-state index contributed by atoms with van der Waals surface area (Å²) >= 11 is 5.63. The predicted molar refractivity (Wildman–Crippen MR) is 42.7 cm³/mol. The van der Waals surface area contributed by atoms with Gasteiger partial charge in [-0.2, -0.15) is 5.10 Å². The molecule has 4 heteroatoms. The van der Waals surface area contributed by atoms with Crippen LogP contribution in [0.5, 0.6) is 0 Å². The summed E-state index contributed by atoms with van der Waals surface area (Å²) in [5.74, 6) is 0. The number of hydrogen-bond donors (Lipinski definition) is 0. The largest absolute Gasteiger partial charge is 0.238 e. The topological polar surface area (TPSA) is 30.2 Å². The van der Waals surface area contributed by atoms with Crippen molar-refractivity contribution in [2.24, 2.45) is 0 Å². The average Bonchev–Trinajstić information content (AvgIpc) is 2.49. The summed E-state index contributed by atoms with van der Waals surface area (Å²) in [6.45, 7) is -2.58. The highest BCUT2D eigenvalue weighted by Crippen LogP contribution is 2.10. The van der Waals surface area contributed by atoms with Crippen LogP contribution in [0.25, 0.3) is 5.52 Å². The van der Waals surface area contributed by atoms with Crippen molar-refractivity contribution in [2.45, 2.75) is 6.85 Å². The normalized spacial score (nSPS) is 19.7. The van der Waals surface area contributed by atoms with E-state index < -0.39 is 18.7 Å². The monoisotopic (exact) mass is 173 g/mol. The zero-order valence-electron chi connectivity index (χ0n) is 11.2. The van der Waals surface area contributed by atoms with Gasteiger partial charge in [-0.1, -0.05) is 11.6 Å². The maximum absolute atomic E-state index is 7.57. The lowest BCUT2D eigenvalue weighted by Gasteiger charge is -1.96. The molecule has 0 saturated heterocycles. The van der Waals surface area contributed by atoms with E-state index in [0.717, 1.165) is 4.52 Å². The molecule has 0 aliphatic heterocycles. The van der Waals surface area contributed by atoms with Crippen LogP contribution in [0, 0.1) is 6.85 Å². The van der Waals surface area contributed by atoms with E-state index in [9.17, 15) is 0 Å². The second-order valence-corrected chi connectivity index (χ2v) is 2.22. The Labute approximate surface area is 77.1 Å². The lowest BCUT2D eigenvalue weighted by molar-refractivity contribution is 0.934. The minimum atomic E-state index is -2.58. The van der Waals surface area contributed by atoms with E-state index in [-0.39, 0.29) is 22.9 Å². The molecule has 0 radical (unpaired) electrons. The molecule has 0 amide bonds. The molecule has 0 atom stereocenters. The van der Waals surface area contributed by atoms with Crippen LogP contribution in [0.15, 0.2) is 18.4 Å². The fourth-order valence-corrected chi connectivity index (χ4v) is 0.899. The fourth-order valence-electron chi connectivity index (χ4n) is 0.735. The molecule has 0 unspecified atom stereocenters. The number of aryl methyl sites for hydroxylation is 1. The number of rotatable bonds is 0. The Kier molecular flexibility index (Phi) is 0.551. The van der Waals surface area contributed by atoms with Crippen molar-refractivity contribution < 1.29 is 8.22 Å². The number of fused-ring (bicyclic) bond motifs is 1. The first-order valence-electron chi connectivity index (χ1n) is 5.76. The molecular weight excluding hydrogens is 162 g/mol. The van der Waals surface area contributed by atoms with Gasteiger partial charge in [-0.3, -0.25) is 0 Å². The van der Waals surface area contributed by atoms with Gasteiger partial charge in [0.05, 0.1) is 27.7 Å². The highest BCUT2D eigenvalue weighted by Gasteiger charge is 1.99. The van der Waals surface area contributed by atoms with Gasteiger partial charge in [0.2, 0.25) is 0 Å². The Bertz CT molecular complexity index is 604. The van der Waals surface area contributed by atoms with Crippen LogP contribution < -0.4 is 0 Å². The van der Waals surface area contributed by atoms with Crippen molar-refractivity contribution in [3.8, 4) is 0 Å². The summed E-state index contributed by atoms with van der Waals surface area (Å²) in [7, 11) is 0. The van der Waals surface area contributed by atoms with E-state index in [1.54, 1.807) is 0 Å². The first-order chi connectivity index (χ1) is 7.73. The van der Waals surface area contributed by atoms with Gasteiger partial charge >= 0.3 is 0 Å². The van der Waals surface area contributed by atoms with Crippen molar-refractivity contribution >= 4 is 17.1 Å². The molecule has 3 nitrogen and oxygen atoms in total. The molecule has 0 aromatic carbocycles. The van der Waals surface area contributed by atoms with Gasteiger partial charge < -0.3 is 0 Å². The van der Waals surface area contributed by atoms with Gasteiger partial charge in [0.15, 0.2) is 0 Å². The summed E-state index contributed by atoms with van der Waals surface area (Å²) in [5.41, 5.74) is -0.598. The zero-order valence-corrected chi connectivity index (χ0v) is 5.98. The molecule has 2 aromatic rings. The molecule has 0 aliphatic carbocycles. The van der Waals surface area contributed by atoms with Gasteiger partial charge in [-0.25, -0.2) is 9.50 Å². The van der Waals surface area contributed by atoms with Crippen LogP contribution in [0.2, 0.25) is 5.15 Å². The maximum atomic E-state index is 7.57. The molecule has 0 spiro atoms. The quantitative estimate of drug-likeness (QED) is 0.607. The number of aromatic nitrogens is 3. The van der Waals surface area contributed by atoms with E-state index in [1.165, 1.54) is 0 Å². The molecule has 0 bridgehead atoms. The lowest BCUT2D eigenvalue weighted by atomic mass is 10.4. The van der Waals surface area contributed by atoms with Crippen molar-refractivity contribution in [1.82, 2.24) is 14.6 Å². The minimum Gasteiger partial charge on any atom is -0.238 e. The second-order valence-electron chi connectivity index (χ2n) is 1.86. The molecule has 0 aliphatic rings. The van der Waals surface area contributed by atoms with Gasteiger partial charge in [-0.05, 0) is 12.9 Å². The number of halogens is 1. The van der Waals surface area contributed by atoms with Gasteiger partial charge in [0.25, 0.3) is 0 Å². The summed E-state index contributed by atoms with van der Waals surface area (Å²) in [6, 6.07) is -0.381. The molecule has 0 N–H and O–H groups in total. The number of hydrogen-bond acceptors (Lipinski definition) is 2. The van der Waals surface area contributed by atoms with E-state index in [1.807, 2.05) is 0 Å². The van der Waals surface area contributed by atoms with E-state index in [0.29, 0.717) is 0 Å². The standard InChI is InChI=1S/C7H6ClN3/c1-5-6-2-3-9-11(6)4-7(8)10-5/h2-4H,1H3/i1D3,2D,3D,4D. The molecule has 0 fully saturated rings. The van der Waals surface area contributed by atoms with Crippen LogP contribution in [-0.4, -0.2) is 14.6 Å². The summed E-state index contributed by atoms with van der Waals surface area (Å²) in [6.07, 6.45) is -0.769. The average molecular weight is 174 g/mol. The van der Waals surface area contributed by atoms with E-state index >= 15 is 0 Å². The van der Waals surface area contributed by atoms with Crippen LogP contribution in [0.4, 0.5) is 0 Å². The predicted octanol–water partition coefficient (Wildman–Crippen LogP) is 1.69. The molecule has 56 valence electrons. The zero-order chi connectivity index (χ0) is 13.0. The summed E-state index contributed by atoms with van der Waals surface area (Å²) in [5, 5.41) is 3.25. The highest BCUT2D eigenvalue weighted by molar-refractivity contribution is 6.29. The van der Waals surface area contributed by atoms with Crippen molar-refractivity contribution in [3.05, 3.63) is 29.2 Å². The van der Waals surface area contributed by atoms with Gasteiger partial charge in [0.1, 0.15) is 5.15 Å². The highest BCUT2D eigenvalue weighted by atomic mass is 35.5. The van der Waals surface area contributed by atoms with Crippen molar-refractivity contribution in [1.29, 1.82) is 0 Å². The Morgan fingerprint density at radius 3 is 3.55 bits per heavy atom. The third kappa shape index (κ3) is 0.973. The molecule has 11 heavy (non-hydrogen) atoms. The Hall–Kier alpha value is -1.09. The first-order valence-corrected chi connectivity index (χ1v) is 3.13. The smallest absolute Gasteiger partial charge is 0.147 e. The van der Waals surface area contributed by atoms with Crippen LogP contribution >= 0.6 is 11.6 Å². The number of nitrogens with zero attached hydrogens (tertiary/aromatic N) is 3. The van der Waals surface area contributed by atoms with E-state index in [4.69, 9.17) is 19.8 Å².